The van der Waals surface area contributed by atoms with Crippen molar-refractivity contribution in [2.24, 2.45) is 0 Å². The molecule has 2 rings (SSSR count). The van der Waals surface area contributed by atoms with E-state index in [1.54, 1.807) is 0 Å². The molecule has 106 valence electrons. The van der Waals surface area contributed by atoms with Crippen molar-refractivity contribution in [3.05, 3.63) is 57.8 Å². The molecule has 1 N–H and O–H groups in total. The molecule has 0 unspecified atom stereocenters. The van der Waals surface area contributed by atoms with Crippen LogP contribution in [0, 0.1) is 6.92 Å². The second kappa shape index (κ2) is 6.10. The van der Waals surface area contributed by atoms with E-state index in [-0.39, 0.29) is 21.6 Å². The van der Waals surface area contributed by atoms with Gasteiger partial charge in [0.2, 0.25) is 10.0 Å². The third-order valence-corrected chi connectivity index (χ3v) is 4.68. The summed E-state index contributed by atoms with van der Waals surface area (Å²) in [4.78, 5) is 3.71. The average molecular weight is 331 g/mol. The number of hydrogen-bond acceptors (Lipinski definition) is 3. The van der Waals surface area contributed by atoms with Gasteiger partial charge < -0.3 is 0 Å². The zero-order valence-electron chi connectivity index (χ0n) is 10.6. The molecule has 1 aromatic carbocycles. The Bertz CT molecular complexity index is 733. The van der Waals surface area contributed by atoms with Crippen LogP contribution in [0.15, 0.2) is 41.4 Å². The zero-order valence-corrected chi connectivity index (χ0v) is 12.9. The van der Waals surface area contributed by atoms with Gasteiger partial charge in [0, 0.05) is 12.7 Å². The Balaban J connectivity index is 2.17. The summed E-state index contributed by atoms with van der Waals surface area (Å²) in [6, 6.07) is 8.86. The Morgan fingerprint density at radius 1 is 1.25 bits per heavy atom. The fourth-order valence-corrected chi connectivity index (χ4v) is 2.96. The minimum absolute atomic E-state index is 0.0143. The molecule has 0 aliphatic carbocycles. The molecule has 0 radical (unpaired) electrons. The summed E-state index contributed by atoms with van der Waals surface area (Å²) < 4.78 is 26.7. The molecule has 0 bridgehead atoms. The molecule has 0 amide bonds. The van der Waals surface area contributed by atoms with E-state index < -0.39 is 10.0 Å². The number of nitrogens with zero attached hydrogens (tertiary/aromatic N) is 1. The molecule has 7 heteroatoms. The van der Waals surface area contributed by atoms with E-state index in [4.69, 9.17) is 23.2 Å². The molecule has 0 saturated carbocycles. The van der Waals surface area contributed by atoms with Crippen molar-refractivity contribution in [3.63, 3.8) is 0 Å². The van der Waals surface area contributed by atoms with Crippen molar-refractivity contribution in [3.8, 4) is 0 Å². The third kappa shape index (κ3) is 3.70. The normalized spacial score (nSPS) is 11.6. The Morgan fingerprint density at radius 3 is 2.65 bits per heavy atom. The SMILES string of the molecule is Cc1cccc(CNS(=O)(=O)c2cnc(Cl)c(Cl)c2)c1. The molecule has 1 heterocycles. The number of sulfonamides is 1. The van der Waals surface area contributed by atoms with Gasteiger partial charge in [0.1, 0.15) is 10.0 Å². The zero-order chi connectivity index (χ0) is 14.8. The van der Waals surface area contributed by atoms with E-state index in [1.807, 2.05) is 31.2 Å². The Morgan fingerprint density at radius 2 is 2.00 bits per heavy atom. The van der Waals surface area contributed by atoms with E-state index >= 15 is 0 Å². The van der Waals surface area contributed by atoms with Crippen LogP contribution in [0.3, 0.4) is 0 Å². The number of rotatable bonds is 4. The van der Waals surface area contributed by atoms with Gasteiger partial charge in [-0.1, -0.05) is 53.0 Å². The summed E-state index contributed by atoms with van der Waals surface area (Å²) in [7, 11) is -3.67. The van der Waals surface area contributed by atoms with Crippen LogP contribution < -0.4 is 4.72 Å². The summed E-state index contributed by atoms with van der Waals surface area (Å²) in [6.45, 7) is 2.14. The fraction of sp³-hybridized carbons (Fsp3) is 0.154. The van der Waals surface area contributed by atoms with Gasteiger partial charge in [0.25, 0.3) is 0 Å². The highest BCUT2D eigenvalue weighted by molar-refractivity contribution is 7.89. The topological polar surface area (TPSA) is 59.1 Å². The van der Waals surface area contributed by atoms with Gasteiger partial charge in [0.15, 0.2) is 0 Å². The van der Waals surface area contributed by atoms with E-state index in [9.17, 15) is 8.42 Å². The van der Waals surface area contributed by atoms with Crippen LogP contribution in [0.5, 0.6) is 0 Å². The second-order valence-electron chi connectivity index (χ2n) is 4.26. The quantitative estimate of drug-likeness (QED) is 0.876. The molecule has 0 fully saturated rings. The summed E-state index contributed by atoms with van der Waals surface area (Å²) in [5.74, 6) is 0. The van der Waals surface area contributed by atoms with Gasteiger partial charge in [-0.15, -0.1) is 0 Å². The van der Waals surface area contributed by atoms with Crippen LogP contribution in [0.2, 0.25) is 10.2 Å². The van der Waals surface area contributed by atoms with Gasteiger partial charge >= 0.3 is 0 Å². The molecule has 0 aliphatic rings. The van der Waals surface area contributed by atoms with E-state index in [1.165, 1.54) is 12.3 Å². The molecule has 0 saturated heterocycles. The molecule has 2 aromatic rings. The van der Waals surface area contributed by atoms with Crippen molar-refractivity contribution in [1.29, 1.82) is 0 Å². The van der Waals surface area contributed by atoms with Crippen molar-refractivity contribution in [1.82, 2.24) is 9.71 Å². The van der Waals surface area contributed by atoms with Crippen LogP contribution in [0.1, 0.15) is 11.1 Å². The van der Waals surface area contributed by atoms with Crippen LogP contribution in [-0.4, -0.2) is 13.4 Å². The van der Waals surface area contributed by atoms with Crippen molar-refractivity contribution in [2.75, 3.05) is 0 Å². The van der Waals surface area contributed by atoms with Crippen molar-refractivity contribution < 1.29 is 8.42 Å². The van der Waals surface area contributed by atoms with Gasteiger partial charge in [0.05, 0.1) is 5.02 Å². The van der Waals surface area contributed by atoms with Gasteiger partial charge in [-0.2, -0.15) is 0 Å². The number of nitrogens with one attached hydrogen (secondary N) is 1. The summed E-state index contributed by atoms with van der Waals surface area (Å²) in [5, 5.41) is 0.175. The molecular weight excluding hydrogens is 319 g/mol. The van der Waals surface area contributed by atoms with E-state index in [0.717, 1.165) is 11.1 Å². The second-order valence-corrected chi connectivity index (χ2v) is 6.79. The maximum absolute atomic E-state index is 12.1. The summed E-state index contributed by atoms with van der Waals surface area (Å²) in [5.41, 5.74) is 1.94. The summed E-state index contributed by atoms with van der Waals surface area (Å²) in [6.07, 6.45) is 1.17. The molecule has 4 nitrogen and oxygen atoms in total. The van der Waals surface area contributed by atoms with Gasteiger partial charge in [-0.05, 0) is 18.6 Å². The first-order valence-electron chi connectivity index (χ1n) is 5.75. The molecule has 20 heavy (non-hydrogen) atoms. The Kier molecular flexibility index (Phi) is 4.65. The minimum Gasteiger partial charge on any atom is -0.242 e. The van der Waals surface area contributed by atoms with Crippen LogP contribution in [0.25, 0.3) is 0 Å². The lowest BCUT2D eigenvalue weighted by Gasteiger charge is -2.08. The average Bonchev–Trinajstić information content (AvgIpc) is 2.40. The van der Waals surface area contributed by atoms with Crippen LogP contribution in [-0.2, 0) is 16.6 Å². The highest BCUT2D eigenvalue weighted by Crippen LogP contribution is 2.22. The number of hydrogen-bond donors (Lipinski definition) is 1. The largest absolute Gasteiger partial charge is 0.242 e. The van der Waals surface area contributed by atoms with E-state index in [2.05, 4.69) is 9.71 Å². The molecule has 0 spiro atoms. The van der Waals surface area contributed by atoms with Crippen molar-refractivity contribution >= 4 is 33.2 Å². The summed E-state index contributed by atoms with van der Waals surface area (Å²) >= 11 is 11.4. The lowest BCUT2D eigenvalue weighted by molar-refractivity contribution is 0.581. The number of pyridine rings is 1. The smallest absolute Gasteiger partial charge is 0.242 e. The monoisotopic (exact) mass is 330 g/mol. The Hall–Kier alpha value is -1.14. The first-order chi connectivity index (χ1) is 9.38. The molecule has 0 atom stereocenters. The Labute approximate surface area is 127 Å². The van der Waals surface area contributed by atoms with E-state index in [0.29, 0.717) is 0 Å². The first kappa shape index (κ1) is 15.3. The predicted octanol–water partition coefficient (Wildman–Crippen LogP) is 3.18. The van der Waals surface area contributed by atoms with Gasteiger partial charge in [-0.25, -0.2) is 18.1 Å². The molecule has 1 aromatic heterocycles. The third-order valence-electron chi connectivity index (χ3n) is 2.63. The minimum atomic E-state index is -3.67. The fourth-order valence-electron chi connectivity index (χ4n) is 1.63. The number of benzene rings is 1. The number of aromatic nitrogens is 1. The maximum atomic E-state index is 12.1. The number of aryl methyl sites for hydroxylation is 1. The lowest BCUT2D eigenvalue weighted by Crippen LogP contribution is -2.23. The standard InChI is InChI=1S/C13H12Cl2N2O2S/c1-9-3-2-4-10(5-9)7-17-20(18,19)11-6-12(14)13(15)16-8-11/h2-6,8,17H,7H2,1H3. The van der Waals surface area contributed by atoms with Crippen molar-refractivity contribution in [2.45, 2.75) is 18.4 Å². The first-order valence-corrected chi connectivity index (χ1v) is 7.98. The molecule has 0 aliphatic heterocycles. The van der Waals surface area contributed by atoms with Crippen LogP contribution in [0.4, 0.5) is 0 Å². The highest BCUT2D eigenvalue weighted by atomic mass is 35.5. The predicted molar refractivity (Wildman–Crippen MR) is 79.5 cm³/mol. The van der Waals surface area contributed by atoms with Crippen LogP contribution >= 0.6 is 23.2 Å². The molecular formula is C13H12Cl2N2O2S. The highest BCUT2D eigenvalue weighted by Gasteiger charge is 2.16. The number of halogens is 2. The maximum Gasteiger partial charge on any atom is 0.242 e. The lowest BCUT2D eigenvalue weighted by atomic mass is 10.1. The van der Waals surface area contributed by atoms with Gasteiger partial charge in [-0.3, -0.25) is 0 Å².